The molecule has 1 aliphatic carbocycles. The van der Waals surface area contributed by atoms with Crippen LogP contribution in [0.4, 0.5) is 5.82 Å². The Kier molecular flexibility index (Phi) is 9.43. The van der Waals surface area contributed by atoms with E-state index in [1.165, 1.54) is 44.9 Å². The van der Waals surface area contributed by atoms with E-state index >= 15 is 0 Å². The van der Waals surface area contributed by atoms with E-state index in [1.807, 2.05) is 12.3 Å². The van der Waals surface area contributed by atoms with Gasteiger partial charge in [0.2, 0.25) is 5.91 Å². The minimum absolute atomic E-state index is 0.0142. The van der Waals surface area contributed by atoms with Crippen LogP contribution in [0.1, 0.15) is 70.3 Å². The molecule has 0 atom stereocenters. The van der Waals surface area contributed by atoms with Crippen LogP contribution in [0, 0.1) is 11.8 Å². The number of hydrogen-bond acceptors (Lipinski definition) is 4. The van der Waals surface area contributed by atoms with Crippen LogP contribution in [-0.4, -0.2) is 43.0 Å². The lowest BCUT2D eigenvalue weighted by molar-refractivity contribution is -0.122. The number of pyridine rings is 1. The zero-order valence-electron chi connectivity index (χ0n) is 19.1. The molecule has 1 aromatic rings. The van der Waals surface area contributed by atoms with Gasteiger partial charge in [-0.1, -0.05) is 44.6 Å². The van der Waals surface area contributed by atoms with Crippen LogP contribution in [-0.2, 0) is 11.3 Å². The number of piperidine rings is 1. The molecule has 1 aliphatic heterocycles. The Bertz CT molecular complexity index is 708. The fraction of sp³-hybridized carbons (Fsp3) is 0.708. The van der Waals surface area contributed by atoms with E-state index in [4.69, 9.17) is 10.7 Å². The van der Waals surface area contributed by atoms with Crippen molar-refractivity contribution in [3.05, 3.63) is 23.9 Å². The molecule has 0 spiro atoms. The van der Waals surface area contributed by atoms with Crippen LogP contribution >= 0.6 is 0 Å². The summed E-state index contributed by atoms with van der Waals surface area (Å²) < 4.78 is 0. The second kappa shape index (κ2) is 12.5. The first-order chi connectivity index (χ1) is 15.2. The van der Waals surface area contributed by atoms with Crippen molar-refractivity contribution in [2.45, 2.75) is 71.3 Å². The van der Waals surface area contributed by atoms with Crippen LogP contribution in [0.2, 0.25) is 0 Å². The zero-order chi connectivity index (χ0) is 21.9. The summed E-state index contributed by atoms with van der Waals surface area (Å²) in [6.07, 6.45) is 13.0. The standard InChI is InChI=1S/C24H40N6O/c1-2-26-24(28-14-6-5-10-19-8-3-4-9-19)29-18-21-11-7-15-27-23(21)30-16-12-20(13-17-30)22(25)31/h7,11,15,19-20H,2-6,8-10,12-14,16-18H2,1H3,(H2,25,31)(H2,26,28,29). The Hall–Kier alpha value is -2.31. The van der Waals surface area contributed by atoms with Crippen LogP contribution < -0.4 is 21.3 Å². The normalized spacial score (nSPS) is 18.4. The highest BCUT2D eigenvalue weighted by atomic mass is 16.1. The Morgan fingerprint density at radius 3 is 2.68 bits per heavy atom. The molecule has 7 heteroatoms. The van der Waals surface area contributed by atoms with Crippen LogP contribution in [0.3, 0.4) is 0 Å². The summed E-state index contributed by atoms with van der Waals surface area (Å²) in [4.78, 5) is 23.1. The number of carbonyl (C=O) groups is 1. The van der Waals surface area contributed by atoms with E-state index in [1.54, 1.807) is 0 Å². The fourth-order valence-electron chi connectivity index (χ4n) is 4.78. The molecule has 1 saturated heterocycles. The maximum absolute atomic E-state index is 11.5. The van der Waals surface area contributed by atoms with Gasteiger partial charge in [-0.05, 0) is 38.2 Å². The number of hydrogen-bond donors (Lipinski definition) is 3. The summed E-state index contributed by atoms with van der Waals surface area (Å²) in [5, 5.41) is 6.84. The quantitative estimate of drug-likeness (QED) is 0.302. The van der Waals surface area contributed by atoms with Gasteiger partial charge in [-0.2, -0.15) is 0 Å². The molecule has 3 rings (SSSR count). The summed E-state index contributed by atoms with van der Waals surface area (Å²) in [5.74, 6) is 2.61. The van der Waals surface area contributed by atoms with Gasteiger partial charge in [-0.3, -0.25) is 4.79 Å². The molecule has 0 radical (unpaired) electrons. The Balaban J connectivity index is 1.50. The molecule has 1 saturated carbocycles. The number of rotatable bonds is 10. The Morgan fingerprint density at radius 2 is 1.97 bits per heavy atom. The Labute approximate surface area is 187 Å². The molecule has 7 nitrogen and oxygen atoms in total. The lowest BCUT2D eigenvalue weighted by atomic mass is 9.96. The minimum Gasteiger partial charge on any atom is -0.369 e. The molecule has 2 heterocycles. The molecule has 1 amide bonds. The maximum atomic E-state index is 11.5. The molecule has 0 bridgehead atoms. The Morgan fingerprint density at radius 1 is 1.19 bits per heavy atom. The van der Waals surface area contributed by atoms with E-state index in [9.17, 15) is 4.79 Å². The van der Waals surface area contributed by atoms with Gasteiger partial charge in [0, 0.05) is 43.9 Å². The number of anilines is 1. The average molecular weight is 429 g/mol. The second-order valence-corrected chi connectivity index (χ2v) is 8.92. The zero-order valence-corrected chi connectivity index (χ0v) is 19.1. The van der Waals surface area contributed by atoms with Crippen molar-refractivity contribution in [1.82, 2.24) is 15.6 Å². The number of nitrogens with two attached hydrogens (primary N) is 1. The minimum atomic E-state index is -0.185. The third kappa shape index (κ3) is 7.40. The lowest BCUT2D eigenvalue weighted by Crippen LogP contribution is -2.39. The van der Waals surface area contributed by atoms with E-state index in [-0.39, 0.29) is 11.8 Å². The number of unbranched alkanes of at least 4 members (excludes halogenated alkanes) is 1. The van der Waals surface area contributed by atoms with Gasteiger partial charge in [-0.15, -0.1) is 0 Å². The number of amides is 1. The monoisotopic (exact) mass is 428 g/mol. The smallest absolute Gasteiger partial charge is 0.220 e. The van der Waals surface area contributed by atoms with E-state index in [2.05, 4.69) is 33.5 Å². The van der Waals surface area contributed by atoms with Crippen LogP contribution in [0.5, 0.6) is 0 Å². The van der Waals surface area contributed by atoms with Crippen LogP contribution in [0.15, 0.2) is 23.3 Å². The van der Waals surface area contributed by atoms with Gasteiger partial charge in [0.15, 0.2) is 5.96 Å². The molecule has 172 valence electrons. The number of primary amides is 1. The number of nitrogens with zero attached hydrogens (tertiary/aromatic N) is 3. The summed E-state index contributed by atoms with van der Waals surface area (Å²) in [7, 11) is 0. The summed E-state index contributed by atoms with van der Waals surface area (Å²) in [6.45, 7) is 6.08. The van der Waals surface area contributed by atoms with Crippen LogP contribution in [0.25, 0.3) is 0 Å². The van der Waals surface area contributed by atoms with Gasteiger partial charge in [-0.25, -0.2) is 9.98 Å². The average Bonchev–Trinajstić information content (AvgIpc) is 3.31. The predicted molar refractivity (Wildman–Crippen MR) is 127 cm³/mol. The molecule has 0 unspecified atom stereocenters. The number of guanidine groups is 1. The molecule has 2 aliphatic rings. The van der Waals surface area contributed by atoms with Crippen molar-refractivity contribution in [1.29, 1.82) is 0 Å². The van der Waals surface area contributed by atoms with Gasteiger partial charge < -0.3 is 21.3 Å². The number of carbonyl (C=O) groups excluding carboxylic acids is 1. The van der Waals surface area contributed by atoms with Gasteiger partial charge in [0.1, 0.15) is 5.82 Å². The van der Waals surface area contributed by atoms with Crippen molar-refractivity contribution in [3.8, 4) is 0 Å². The topological polar surface area (TPSA) is 95.6 Å². The maximum Gasteiger partial charge on any atom is 0.220 e. The molecule has 0 aromatic carbocycles. The number of nitrogens with one attached hydrogen (secondary N) is 2. The van der Waals surface area contributed by atoms with Crippen molar-refractivity contribution in [2.75, 3.05) is 31.1 Å². The van der Waals surface area contributed by atoms with E-state index in [0.29, 0.717) is 6.54 Å². The largest absolute Gasteiger partial charge is 0.369 e. The highest BCUT2D eigenvalue weighted by Gasteiger charge is 2.24. The highest BCUT2D eigenvalue weighted by molar-refractivity contribution is 5.79. The lowest BCUT2D eigenvalue weighted by Gasteiger charge is -2.32. The first-order valence-corrected chi connectivity index (χ1v) is 12.2. The molecule has 31 heavy (non-hydrogen) atoms. The van der Waals surface area contributed by atoms with Crippen molar-refractivity contribution in [2.24, 2.45) is 22.6 Å². The first kappa shape index (κ1) is 23.4. The predicted octanol–water partition coefficient (Wildman–Crippen LogP) is 3.20. The highest BCUT2D eigenvalue weighted by Crippen LogP contribution is 2.28. The molecule has 2 fully saturated rings. The molecular weight excluding hydrogens is 388 g/mol. The molecule has 1 aromatic heterocycles. The van der Waals surface area contributed by atoms with Crippen molar-refractivity contribution < 1.29 is 4.79 Å². The first-order valence-electron chi connectivity index (χ1n) is 12.2. The summed E-state index contributed by atoms with van der Waals surface area (Å²) in [5.41, 5.74) is 6.59. The van der Waals surface area contributed by atoms with Gasteiger partial charge in [0.25, 0.3) is 0 Å². The van der Waals surface area contributed by atoms with E-state index in [0.717, 1.165) is 62.3 Å². The number of aromatic nitrogens is 1. The number of aliphatic imine (C=N–C) groups is 1. The summed E-state index contributed by atoms with van der Waals surface area (Å²) in [6, 6.07) is 4.06. The van der Waals surface area contributed by atoms with Crippen molar-refractivity contribution >= 4 is 17.7 Å². The SMILES string of the molecule is CCNC(=NCc1cccnc1N1CCC(C(N)=O)CC1)NCCCCC1CCCC1. The fourth-order valence-corrected chi connectivity index (χ4v) is 4.78. The van der Waals surface area contributed by atoms with E-state index < -0.39 is 0 Å². The molecule has 4 N–H and O–H groups in total. The van der Waals surface area contributed by atoms with Crippen molar-refractivity contribution in [3.63, 3.8) is 0 Å². The third-order valence-electron chi connectivity index (χ3n) is 6.62. The van der Waals surface area contributed by atoms with Gasteiger partial charge in [0.05, 0.1) is 6.54 Å². The summed E-state index contributed by atoms with van der Waals surface area (Å²) >= 11 is 0. The second-order valence-electron chi connectivity index (χ2n) is 8.92. The molecular formula is C24H40N6O. The van der Waals surface area contributed by atoms with Gasteiger partial charge >= 0.3 is 0 Å². The third-order valence-corrected chi connectivity index (χ3v) is 6.62.